The van der Waals surface area contributed by atoms with E-state index in [9.17, 15) is 0 Å². The van der Waals surface area contributed by atoms with Gasteiger partial charge in [0.15, 0.2) is 0 Å². The summed E-state index contributed by atoms with van der Waals surface area (Å²) in [5, 5.41) is 3.27. The second-order valence-corrected chi connectivity index (χ2v) is 5.83. The van der Waals surface area contributed by atoms with Gasteiger partial charge in [0.1, 0.15) is 5.82 Å². The zero-order chi connectivity index (χ0) is 14.9. The van der Waals surface area contributed by atoms with Gasteiger partial charge < -0.3 is 10.1 Å². The van der Waals surface area contributed by atoms with Crippen LogP contribution in [-0.4, -0.2) is 30.2 Å². The van der Waals surface area contributed by atoms with Gasteiger partial charge in [-0.15, -0.1) is 11.8 Å². The molecule has 1 N–H and O–H groups in total. The fraction of sp³-hybridized carbons (Fsp3) is 0.375. The molecule has 2 rings (SSSR count). The van der Waals surface area contributed by atoms with Crippen LogP contribution >= 0.6 is 11.8 Å². The number of nitrogens with zero attached hydrogens (tertiary/aromatic N) is 2. The summed E-state index contributed by atoms with van der Waals surface area (Å²) in [6, 6.07) is 8.51. The molecule has 112 valence electrons. The molecule has 2 aromatic rings. The molecule has 5 heteroatoms. The van der Waals surface area contributed by atoms with E-state index in [0.717, 1.165) is 30.2 Å². The summed E-state index contributed by atoms with van der Waals surface area (Å²) in [6.45, 7) is 4.42. The molecule has 0 unspecified atom stereocenters. The van der Waals surface area contributed by atoms with Crippen LogP contribution in [0.2, 0.25) is 0 Å². The van der Waals surface area contributed by atoms with Gasteiger partial charge in [0, 0.05) is 43.1 Å². The van der Waals surface area contributed by atoms with E-state index in [-0.39, 0.29) is 0 Å². The predicted molar refractivity (Wildman–Crippen MR) is 86.4 cm³/mol. The van der Waals surface area contributed by atoms with Crippen molar-refractivity contribution in [1.82, 2.24) is 15.3 Å². The third-order valence-corrected chi connectivity index (χ3v) is 3.97. The van der Waals surface area contributed by atoms with E-state index in [2.05, 4.69) is 46.5 Å². The number of methoxy groups -OCH3 is 1. The van der Waals surface area contributed by atoms with Gasteiger partial charge in [0.2, 0.25) is 0 Å². The number of nitrogens with one attached hydrogen (secondary N) is 1. The second-order valence-electron chi connectivity index (χ2n) is 4.78. The SMILES string of the molecule is COCCNCc1cnc(CSc2ccc(C)cc2)nc1. The van der Waals surface area contributed by atoms with Crippen LogP contribution < -0.4 is 5.32 Å². The Labute approximate surface area is 130 Å². The standard InChI is InChI=1S/C16H21N3OS/c1-13-3-5-15(6-4-13)21-12-16-18-10-14(11-19-16)9-17-7-8-20-2/h3-6,10-11,17H,7-9,12H2,1-2H3. The van der Waals surface area contributed by atoms with Gasteiger partial charge in [-0.05, 0) is 19.1 Å². The molecule has 0 radical (unpaired) electrons. The van der Waals surface area contributed by atoms with E-state index in [1.54, 1.807) is 18.9 Å². The fourth-order valence-electron chi connectivity index (χ4n) is 1.74. The zero-order valence-corrected chi connectivity index (χ0v) is 13.3. The van der Waals surface area contributed by atoms with E-state index >= 15 is 0 Å². The molecule has 0 fully saturated rings. The minimum atomic E-state index is 0.714. The minimum Gasteiger partial charge on any atom is -0.383 e. The van der Waals surface area contributed by atoms with Crippen molar-refractivity contribution in [3.63, 3.8) is 0 Å². The lowest BCUT2D eigenvalue weighted by Gasteiger charge is -2.05. The van der Waals surface area contributed by atoms with Crippen LogP contribution in [0.4, 0.5) is 0 Å². The first-order valence-electron chi connectivity index (χ1n) is 6.97. The number of hydrogen-bond acceptors (Lipinski definition) is 5. The normalized spacial score (nSPS) is 10.8. The molecule has 0 bridgehead atoms. The molecule has 0 aliphatic rings. The minimum absolute atomic E-state index is 0.714. The van der Waals surface area contributed by atoms with Crippen molar-refractivity contribution in [1.29, 1.82) is 0 Å². The van der Waals surface area contributed by atoms with Gasteiger partial charge in [0.05, 0.1) is 12.4 Å². The van der Waals surface area contributed by atoms with Crippen LogP contribution in [0, 0.1) is 6.92 Å². The Hall–Kier alpha value is -1.43. The summed E-state index contributed by atoms with van der Waals surface area (Å²) >= 11 is 1.76. The van der Waals surface area contributed by atoms with Crippen molar-refractivity contribution in [2.24, 2.45) is 0 Å². The molecule has 0 saturated carbocycles. The summed E-state index contributed by atoms with van der Waals surface area (Å²) in [5.41, 5.74) is 2.37. The Morgan fingerprint density at radius 1 is 1.14 bits per heavy atom. The number of ether oxygens (including phenoxy) is 1. The molecule has 0 saturated heterocycles. The number of hydrogen-bond donors (Lipinski definition) is 1. The molecule has 0 spiro atoms. The molecule has 0 aliphatic heterocycles. The average Bonchev–Trinajstić information content (AvgIpc) is 2.52. The predicted octanol–water partition coefficient (Wildman–Crippen LogP) is 2.81. The Balaban J connectivity index is 1.78. The quantitative estimate of drug-likeness (QED) is 0.600. The third-order valence-electron chi connectivity index (χ3n) is 2.96. The average molecular weight is 303 g/mol. The van der Waals surface area contributed by atoms with Gasteiger partial charge in [-0.1, -0.05) is 17.7 Å². The number of thioether (sulfide) groups is 1. The van der Waals surface area contributed by atoms with Crippen molar-refractivity contribution in [3.8, 4) is 0 Å². The van der Waals surface area contributed by atoms with E-state index in [1.165, 1.54) is 10.5 Å². The van der Waals surface area contributed by atoms with Gasteiger partial charge in [0.25, 0.3) is 0 Å². The zero-order valence-electron chi connectivity index (χ0n) is 12.5. The van der Waals surface area contributed by atoms with E-state index in [1.807, 2.05) is 12.4 Å². The number of benzene rings is 1. The smallest absolute Gasteiger partial charge is 0.138 e. The van der Waals surface area contributed by atoms with E-state index < -0.39 is 0 Å². The van der Waals surface area contributed by atoms with Crippen LogP contribution in [0.1, 0.15) is 17.0 Å². The van der Waals surface area contributed by atoms with Crippen molar-refractivity contribution in [3.05, 3.63) is 53.6 Å². The first kappa shape index (κ1) is 15.9. The molecular formula is C16H21N3OS. The number of rotatable bonds is 8. The first-order valence-corrected chi connectivity index (χ1v) is 7.95. The molecule has 0 aliphatic carbocycles. The Morgan fingerprint density at radius 3 is 2.52 bits per heavy atom. The molecule has 21 heavy (non-hydrogen) atoms. The summed E-state index contributed by atoms with van der Waals surface area (Å²) < 4.78 is 4.98. The highest BCUT2D eigenvalue weighted by atomic mass is 32.2. The highest BCUT2D eigenvalue weighted by molar-refractivity contribution is 7.98. The maximum Gasteiger partial charge on any atom is 0.138 e. The van der Waals surface area contributed by atoms with Gasteiger partial charge in [-0.3, -0.25) is 0 Å². The lowest BCUT2D eigenvalue weighted by molar-refractivity contribution is 0.199. The molecule has 1 aromatic heterocycles. The molecule has 0 atom stereocenters. The highest BCUT2D eigenvalue weighted by Gasteiger charge is 2.00. The van der Waals surface area contributed by atoms with Crippen LogP contribution in [-0.2, 0) is 17.0 Å². The van der Waals surface area contributed by atoms with Crippen molar-refractivity contribution in [2.75, 3.05) is 20.3 Å². The molecule has 1 aromatic carbocycles. The maximum absolute atomic E-state index is 4.98. The fourth-order valence-corrected chi connectivity index (χ4v) is 2.51. The summed E-state index contributed by atoms with van der Waals surface area (Å²) in [6.07, 6.45) is 3.77. The topological polar surface area (TPSA) is 47.0 Å². The number of aromatic nitrogens is 2. The van der Waals surface area contributed by atoms with E-state index in [0.29, 0.717) is 6.61 Å². The lowest BCUT2D eigenvalue weighted by Crippen LogP contribution is -2.18. The van der Waals surface area contributed by atoms with Gasteiger partial charge >= 0.3 is 0 Å². The van der Waals surface area contributed by atoms with Crippen LogP contribution in [0.3, 0.4) is 0 Å². The van der Waals surface area contributed by atoms with E-state index in [4.69, 9.17) is 4.74 Å². The van der Waals surface area contributed by atoms with Crippen LogP contribution in [0.5, 0.6) is 0 Å². The summed E-state index contributed by atoms with van der Waals surface area (Å²) in [5.74, 6) is 1.65. The Morgan fingerprint density at radius 2 is 1.86 bits per heavy atom. The van der Waals surface area contributed by atoms with Gasteiger partial charge in [-0.25, -0.2) is 9.97 Å². The van der Waals surface area contributed by atoms with Crippen molar-refractivity contribution >= 4 is 11.8 Å². The third kappa shape index (κ3) is 5.83. The molecule has 1 heterocycles. The maximum atomic E-state index is 4.98. The monoisotopic (exact) mass is 303 g/mol. The summed E-state index contributed by atoms with van der Waals surface area (Å²) in [7, 11) is 1.70. The largest absolute Gasteiger partial charge is 0.383 e. The van der Waals surface area contributed by atoms with Crippen LogP contribution in [0.15, 0.2) is 41.6 Å². The Bertz CT molecular complexity index is 528. The molecular weight excluding hydrogens is 282 g/mol. The highest BCUT2D eigenvalue weighted by Crippen LogP contribution is 2.21. The lowest BCUT2D eigenvalue weighted by atomic mass is 10.2. The van der Waals surface area contributed by atoms with Crippen LogP contribution in [0.25, 0.3) is 0 Å². The molecule has 4 nitrogen and oxygen atoms in total. The van der Waals surface area contributed by atoms with Crippen molar-refractivity contribution < 1.29 is 4.74 Å². The van der Waals surface area contributed by atoms with Crippen molar-refractivity contribution in [2.45, 2.75) is 24.1 Å². The second kappa shape index (κ2) is 8.77. The Kier molecular flexibility index (Phi) is 6.66. The summed E-state index contributed by atoms with van der Waals surface area (Å²) in [4.78, 5) is 10.1. The number of aryl methyl sites for hydroxylation is 1. The first-order chi connectivity index (χ1) is 10.3. The van der Waals surface area contributed by atoms with Gasteiger partial charge in [-0.2, -0.15) is 0 Å². The molecule has 0 amide bonds.